The van der Waals surface area contributed by atoms with Crippen LogP contribution >= 0.6 is 23.4 Å². The molecule has 1 atom stereocenters. The van der Waals surface area contributed by atoms with Gasteiger partial charge in [-0.1, -0.05) is 17.7 Å². The van der Waals surface area contributed by atoms with Gasteiger partial charge in [0.1, 0.15) is 11.9 Å². The molecule has 0 spiro atoms. The van der Waals surface area contributed by atoms with Gasteiger partial charge in [-0.2, -0.15) is 11.8 Å². The summed E-state index contributed by atoms with van der Waals surface area (Å²) in [6.45, 7) is 4.01. The van der Waals surface area contributed by atoms with Crippen LogP contribution in [0.3, 0.4) is 0 Å². The average Bonchev–Trinajstić information content (AvgIpc) is 2.68. The van der Waals surface area contributed by atoms with Crippen molar-refractivity contribution >= 4 is 39.3 Å². The first-order valence-corrected chi connectivity index (χ1v) is 12.6. The Labute approximate surface area is 175 Å². The quantitative estimate of drug-likeness (QED) is 0.623. The number of rotatable bonds is 9. The van der Waals surface area contributed by atoms with Gasteiger partial charge in [0.25, 0.3) is 0 Å². The van der Waals surface area contributed by atoms with Crippen molar-refractivity contribution in [2.24, 2.45) is 0 Å². The van der Waals surface area contributed by atoms with Gasteiger partial charge in [0.2, 0.25) is 15.9 Å². The Morgan fingerprint density at radius 2 is 2.00 bits per heavy atom. The summed E-state index contributed by atoms with van der Waals surface area (Å²) in [5, 5.41) is 0.393. The Kier molecular flexibility index (Phi) is 9.01. The molecule has 28 heavy (non-hydrogen) atoms. The monoisotopic (exact) mass is 451 g/mol. The van der Waals surface area contributed by atoms with Crippen molar-refractivity contribution in [3.8, 4) is 0 Å². The van der Waals surface area contributed by atoms with E-state index in [9.17, 15) is 17.6 Å². The largest absolute Gasteiger partial charge is 0.339 e. The number of benzene rings is 1. The number of nitrogens with zero attached hydrogens (tertiary/aromatic N) is 2. The molecule has 0 bridgehead atoms. The maximum atomic E-state index is 14.0. The molecule has 0 aromatic heterocycles. The summed E-state index contributed by atoms with van der Waals surface area (Å²) in [7, 11) is -3.47. The van der Waals surface area contributed by atoms with Crippen molar-refractivity contribution < 1.29 is 17.6 Å². The summed E-state index contributed by atoms with van der Waals surface area (Å²) in [4.78, 5) is 16.6. The summed E-state index contributed by atoms with van der Waals surface area (Å²) in [5.74, 6) is 0.0912. The first-order valence-electron chi connectivity index (χ1n) is 9.20. The van der Waals surface area contributed by atoms with Crippen LogP contribution in [0.4, 0.5) is 4.39 Å². The van der Waals surface area contributed by atoms with Crippen LogP contribution in [0.25, 0.3) is 0 Å². The molecule has 2 rings (SSSR count). The number of thioether (sulfide) groups is 1. The van der Waals surface area contributed by atoms with Gasteiger partial charge < -0.3 is 4.90 Å². The lowest BCUT2D eigenvalue weighted by Crippen LogP contribution is -2.55. The minimum Gasteiger partial charge on any atom is -0.339 e. The molecule has 1 fully saturated rings. The molecule has 10 heteroatoms. The molecule has 1 aliphatic heterocycles. The predicted octanol–water partition coefficient (Wildman–Crippen LogP) is 2.18. The number of hydrogen-bond acceptors (Lipinski definition) is 5. The Morgan fingerprint density at radius 1 is 1.32 bits per heavy atom. The highest BCUT2D eigenvalue weighted by Gasteiger charge is 2.30. The van der Waals surface area contributed by atoms with Crippen LogP contribution in [-0.2, 0) is 21.4 Å². The lowest BCUT2D eigenvalue weighted by molar-refractivity contribution is -0.134. The third-order valence-corrected chi connectivity index (χ3v) is 7.14. The van der Waals surface area contributed by atoms with Gasteiger partial charge >= 0.3 is 0 Å². The normalized spacial score (nSPS) is 16.9. The molecule has 0 radical (unpaired) electrons. The summed E-state index contributed by atoms with van der Waals surface area (Å²) >= 11 is 7.66. The molecular weight excluding hydrogens is 425 g/mol. The van der Waals surface area contributed by atoms with Gasteiger partial charge in [-0.05, 0) is 37.5 Å². The topological polar surface area (TPSA) is 69.7 Å². The second-order valence-electron chi connectivity index (χ2n) is 6.66. The van der Waals surface area contributed by atoms with E-state index < -0.39 is 16.1 Å². The van der Waals surface area contributed by atoms with Gasteiger partial charge in [0.15, 0.2) is 0 Å². The number of hydrogen-bond donors (Lipinski definition) is 1. The van der Waals surface area contributed by atoms with E-state index in [1.807, 2.05) is 11.2 Å². The van der Waals surface area contributed by atoms with Crippen LogP contribution < -0.4 is 4.72 Å². The fourth-order valence-electron chi connectivity index (χ4n) is 3.02. The molecule has 1 N–H and O–H groups in total. The van der Waals surface area contributed by atoms with Crippen molar-refractivity contribution in [3.63, 3.8) is 0 Å². The van der Waals surface area contributed by atoms with Crippen LogP contribution in [0.15, 0.2) is 18.2 Å². The van der Waals surface area contributed by atoms with E-state index in [1.165, 1.54) is 6.07 Å². The molecule has 1 saturated heterocycles. The van der Waals surface area contributed by atoms with E-state index in [0.717, 1.165) is 0 Å². The molecule has 0 saturated carbocycles. The third kappa shape index (κ3) is 6.59. The zero-order valence-corrected chi connectivity index (χ0v) is 18.5. The fraction of sp³-hybridized carbons (Fsp3) is 0.611. The number of sulfonamides is 1. The molecular formula is C18H27ClFN3O3S2. The van der Waals surface area contributed by atoms with Gasteiger partial charge in [-0.15, -0.1) is 0 Å². The van der Waals surface area contributed by atoms with Crippen LogP contribution in [-0.4, -0.2) is 74.1 Å². The van der Waals surface area contributed by atoms with E-state index in [-0.39, 0.29) is 17.5 Å². The second-order valence-corrected chi connectivity index (χ2v) is 10.1. The van der Waals surface area contributed by atoms with Crippen LogP contribution in [0, 0.1) is 5.82 Å². The first kappa shape index (κ1) is 23.4. The highest BCUT2D eigenvalue weighted by Crippen LogP contribution is 2.21. The van der Waals surface area contributed by atoms with Crippen molar-refractivity contribution in [2.75, 3.05) is 43.9 Å². The highest BCUT2D eigenvalue weighted by molar-refractivity contribution is 7.98. The SMILES string of the molecule is CCS(=O)(=O)NC(CCSC)C(=O)N1CCN(Cc2c(F)cccc2Cl)CC1. The molecule has 0 aliphatic carbocycles. The summed E-state index contributed by atoms with van der Waals surface area (Å²) in [6.07, 6.45) is 2.37. The molecule has 1 aliphatic rings. The molecule has 158 valence electrons. The first-order chi connectivity index (χ1) is 13.3. The molecule has 1 aromatic rings. The van der Waals surface area contributed by atoms with Crippen LogP contribution in [0.5, 0.6) is 0 Å². The molecule has 1 amide bonds. The zero-order valence-electron chi connectivity index (χ0n) is 16.2. The van der Waals surface area contributed by atoms with Gasteiger partial charge in [0, 0.05) is 43.3 Å². The van der Waals surface area contributed by atoms with Gasteiger partial charge in [0.05, 0.1) is 5.75 Å². The molecule has 6 nitrogen and oxygen atoms in total. The molecule has 1 heterocycles. The summed E-state index contributed by atoms with van der Waals surface area (Å²) in [6, 6.07) is 3.88. The lowest BCUT2D eigenvalue weighted by Gasteiger charge is -2.36. The maximum Gasteiger partial charge on any atom is 0.240 e. The van der Waals surface area contributed by atoms with E-state index >= 15 is 0 Å². The average molecular weight is 452 g/mol. The van der Waals surface area contributed by atoms with Crippen LogP contribution in [0.1, 0.15) is 18.9 Å². The molecule has 1 aromatic carbocycles. The molecule has 1 unspecified atom stereocenters. The predicted molar refractivity (Wildman–Crippen MR) is 113 cm³/mol. The number of carbonyl (C=O) groups excluding carboxylic acids is 1. The van der Waals surface area contributed by atoms with E-state index in [2.05, 4.69) is 4.72 Å². The number of halogens is 2. The number of piperazine rings is 1. The third-order valence-electron chi connectivity index (χ3n) is 4.74. The standard InChI is InChI=1S/C18H27ClFN3O3S2/c1-3-28(25,26)21-17(7-12-27-2)18(24)23-10-8-22(9-11-23)13-14-15(19)5-4-6-16(14)20/h4-6,17,21H,3,7-13H2,1-2H3. The minimum absolute atomic E-state index is 0.0623. The van der Waals surface area contributed by atoms with E-state index in [1.54, 1.807) is 35.7 Å². The highest BCUT2D eigenvalue weighted by atomic mass is 35.5. The summed E-state index contributed by atoms with van der Waals surface area (Å²) in [5.41, 5.74) is 0.456. The van der Waals surface area contributed by atoms with Crippen LogP contribution in [0.2, 0.25) is 5.02 Å². The Morgan fingerprint density at radius 3 is 2.57 bits per heavy atom. The number of carbonyl (C=O) groups is 1. The van der Waals surface area contributed by atoms with Gasteiger partial charge in [-0.3, -0.25) is 9.69 Å². The van der Waals surface area contributed by atoms with E-state index in [0.29, 0.717) is 55.5 Å². The number of amides is 1. The fourth-order valence-corrected chi connectivity index (χ4v) is 4.54. The van der Waals surface area contributed by atoms with E-state index in [4.69, 9.17) is 11.6 Å². The van der Waals surface area contributed by atoms with Crippen molar-refractivity contribution in [1.29, 1.82) is 0 Å². The van der Waals surface area contributed by atoms with Gasteiger partial charge in [-0.25, -0.2) is 17.5 Å². The van der Waals surface area contributed by atoms with Crippen molar-refractivity contribution in [1.82, 2.24) is 14.5 Å². The Bertz CT molecular complexity index is 751. The maximum absolute atomic E-state index is 14.0. The smallest absolute Gasteiger partial charge is 0.240 e. The summed E-state index contributed by atoms with van der Waals surface area (Å²) < 4.78 is 40.4. The number of nitrogens with one attached hydrogen (secondary N) is 1. The minimum atomic E-state index is -3.47. The zero-order chi connectivity index (χ0) is 20.7. The Hall–Kier alpha value is -0.870. The lowest BCUT2D eigenvalue weighted by atomic mass is 10.1. The second kappa shape index (κ2) is 10.8. The van der Waals surface area contributed by atoms with Crippen molar-refractivity contribution in [3.05, 3.63) is 34.6 Å². The van der Waals surface area contributed by atoms with Crippen molar-refractivity contribution in [2.45, 2.75) is 25.9 Å². The Balaban J connectivity index is 1.96.